The first kappa shape index (κ1) is 24.1. The van der Waals surface area contributed by atoms with Crippen LogP contribution in [-0.2, 0) is 21.4 Å². The van der Waals surface area contributed by atoms with Gasteiger partial charge in [0, 0.05) is 19.6 Å². The Balaban J connectivity index is 0.00000576. The topological polar surface area (TPSA) is 72.6 Å². The maximum Gasteiger partial charge on any atom is 0.330 e. The highest BCUT2D eigenvalue weighted by Crippen LogP contribution is 2.24. The molecule has 0 spiro atoms. The van der Waals surface area contributed by atoms with E-state index in [1.807, 2.05) is 0 Å². The summed E-state index contributed by atoms with van der Waals surface area (Å²) in [6.45, 7) is -0.105. The third-order valence-corrected chi connectivity index (χ3v) is 5.39. The third kappa shape index (κ3) is 6.37. The summed E-state index contributed by atoms with van der Waals surface area (Å²) in [5.74, 6) is -4.25. The molecule has 0 aliphatic rings. The summed E-state index contributed by atoms with van der Waals surface area (Å²) in [5.41, 5.74) is 5.72. The normalized spacial score (nSPS) is 13.8. The lowest BCUT2D eigenvalue weighted by Gasteiger charge is -2.23. The smallest absolute Gasteiger partial charge is 0.330 e. The average Bonchev–Trinajstić information content (AvgIpc) is 2.53. The number of hydrogen-bond acceptors (Lipinski definition) is 4. The van der Waals surface area contributed by atoms with Crippen molar-refractivity contribution in [1.82, 2.24) is 4.31 Å². The standard InChI is InChI=1S/C14H20F4N2O3S.ClH/c1-10(7-19)20(2)24(21,22)12-5-3-4-11(6-12)8-23-9-14(17,18)13(15)16;/h3-6,10,13H,7-9,19H2,1-2H3;1H. The van der Waals surface area contributed by atoms with E-state index in [0.29, 0.717) is 0 Å². The van der Waals surface area contributed by atoms with Crippen LogP contribution in [0.3, 0.4) is 0 Å². The van der Waals surface area contributed by atoms with Gasteiger partial charge >= 0.3 is 12.3 Å². The molecular formula is C14H21ClF4N2O3S. The molecule has 1 aromatic rings. The van der Waals surface area contributed by atoms with E-state index in [1.165, 1.54) is 31.3 Å². The van der Waals surface area contributed by atoms with Gasteiger partial charge in [-0.1, -0.05) is 12.1 Å². The Kier molecular flexibility index (Phi) is 9.31. The summed E-state index contributed by atoms with van der Waals surface area (Å²) in [4.78, 5) is -0.0629. The Morgan fingerprint density at radius 1 is 1.32 bits per heavy atom. The number of hydrogen-bond donors (Lipinski definition) is 1. The molecular weight excluding hydrogens is 388 g/mol. The lowest BCUT2D eigenvalue weighted by Crippen LogP contribution is -2.39. The molecule has 0 aromatic heterocycles. The van der Waals surface area contributed by atoms with Crippen LogP contribution in [0.1, 0.15) is 12.5 Å². The highest BCUT2D eigenvalue weighted by molar-refractivity contribution is 7.89. The molecule has 0 heterocycles. The van der Waals surface area contributed by atoms with Crippen molar-refractivity contribution in [3.05, 3.63) is 29.8 Å². The molecule has 2 N–H and O–H groups in total. The van der Waals surface area contributed by atoms with Crippen molar-refractivity contribution in [2.45, 2.75) is 36.8 Å². The van der Waals surface area contributed by atoms with E-state index in [1.54, 1.807) is 6.92 Å². The van der Waals surface area contributed by atoms with Crippen LogP contribution < -0.4 is 5.73 Å². The number of rotatable bonds is 9. The second-order valence-corrected chi connectivity index (χ2v) is 7.31. The van der Waals surface area contributed by atoms with Gasteiger partial charge in [0.25, 0.3) is 0 Å². The van der Waals surface area contributed by atoms with Crippen LogP contribution in [0.4, 0.5) is 17.6 Å². The summed E-state index contributed by atoms with van der Waals surface area (Å²) >= 11 is 0. The monoisotopic (exact) mass is 408 g/mol. The van der Waals surface area contributed by atoms with Crippen molar-refractivity contribution in [3.63, 3.8) is 0 Å². The molecule has 0 amide bonds. The Labute approximate surface area is 150 Å². The van der Waals surface area contributed by atoms with Gasteiger partial charge in [0.1, 0.15) is 6.61 Å². The van der Waals surface area contributed by atoms with Gasteiger partial charge in [0.2, 0.25) is 10.0 Å². The summed E-state index contributed by atoms with van der Waals surface area (Å²) in [6, 6.07) is 5.02. The molecule has 11 heteroatoms. The minimum Gasteiger partial charge on any atom is -0.370 e. The minimum atomic E-state index is -4.25. The zero-order valence-electron chi connectivity index (χ0n) is 13.7. The largest absolute Gasteiger partial charge is 0.370 e. The Morgan fingerprint density at radius 3 is 2.44 bits per heavy atom. The van der Waals surface area contributed by atoms with Gasteiger partial charge in [-0.25, -0.2) is 17.2 Å². The molecule has 146 valence electrons. The highest BCUT2D eigenvalue weighted by Gasteiger charge is 2.40. The summed E-state index contributed by atoms with van der Waals surface area (Å²) in [5, 5.41) is 0. The number of likely N-dealkylation sites (N-methyl/N-ethyl adjacent to an activating group) is 1. The van der Waals surface area contributed by atoms with Gasteiger partial charge in [0.05, 0.1) is 11.5 Å². The van der Waals surface area contributed by atoms with E-state index in [9.17, 15) is 26.0 Å². The van der Waals surface area contributed by atoms with E-state index in [2.05, 4.69) is 4.74 Å². The first-order valence-electron chi connectivity index (χ1n) is 7.03. The SMILES string of the molecule is CC(CN)N(C)S(=O)(=O)c1cccc(COCC(F)(F)C(F)F)c1.Cl. The van der Waals surface area contributed by atoms with Gasteiger partial charge in [-0.3, -0.25) is 0 Å². The quantitative estimate of drug-likeness (QED) is 0.637. The van der Waals surface area contributed by atoms with Gasteiger partial charge in [-0.15, -0.1) is 12.4 Å². The maximum absolute atomic E-state index is 12.8. The average molecular weight is 409 g/mol. The number of nitrogens with two attached hydrogens (primary N) is 1. The van der Waals surface area contributed by atoms with Crippen molar-refractivity contribution in [3.8, 4) is 0 Å². The van der Waals surface area contributed by atoms with Crippen LogP contribution in [0.25, 0.3) is 0 Å². The second-order valence-electron chi connectivity index (χ2n) is 5.31. The molecule has 0 aliphatic heterocycles. The molecule has 25 heavy (non-hydrogen) atoms. The molecule has 1 unspecified atom stereocenters. The molecule has 0 fully saturated rings. The van der Waals surface area contributed by atoms with Crippen molar-refractivity contribution in [2.24, 2.45) is 5.73 Å². The van der Waals surface area contributed by atoms with Crippen LogP contribution >= 0.6 is 12.4 Å². The van der Waals surface area contributed by atoms with Crippen molar-refractivity contribution in [2.75, 3.05) is 20.2 Å². The number of alkyl halides is 4. The molecule has 0 saturated heterocycles. The Morgan fingerprint density at radius 2 is 1.92 bits per heavy atom. The second kappa shape index (κ2) is 9.67. The fourth-order valence-corrected chi connectivity index (χ4v) is 3.16. The molecule has 1 aromatic carbocycles. The number of nitrogens with zero attached hydrogens (tertiary/aromatic N) is 1. The lowest BCUT2D eigenvalue weighted by atomic mass is 10.2. The van der Waals surface area contributed by atoms with Gasteiger partial charge in [-0.05, 0) is 24.6 Å². The third-order valence-electron chi connectivity index (χ3n) is 3.42. The molecule has 0 radical (unpaired) electrons. The van der Waals surface area contributed by atoms with Crippen LogP contribution in [0.15, 0.2) is 29.2 Å². The van der Waals surface area contributed by atoms with E-state index >= 15 is 0 Å². The van der Waals surface area contributed by atoms with Crippen LogP contribution in [0.5, 0.6) is 0 Å². The molecule has 5 nitrogen and oxygen atoms in total. The van der Waals surface area contributed by atoms with Crippen LogP contribution in [-0.4, -0.2) is 51.3 Å². The predicted octanol–water partition coefficient (Wildman–Crippen LogP) is 2.49. The number of sulfonamides is 1. The summed E-state index contributed by atoms with van der Waals surface area (Å²) in [7, 11) is -2.44. The van der Waals surface area contributed by atoms with Crippen LogP contribution in [0, 0.1) is 0 Å². The number of benzene rings is 1. The first-order valence-corrected chi connectivity index (χ1v) is 8.47. The van der Waals surface area contributed by atoms with Gasteiger partial charge in [0.15, 0.2) is 0 Å². The number of halogens is 5. The predicted molar refractivity (Wildman–Crippen MR) is 87.8 cm³/mol. The highest BCUT2D eigenvalue weighted by atomic mass is 35.5. The van der Waals surface area contributed by atoms with Crippen molar-refractivity contribution >= 4 is 22.4 Å². The molecule has 0 bridgehead atoms. The van der Waals surface area contributed by atoms with Crippen LogP contribution in [0.2, 0.25) is 0 Å². The zero-order valence-corrected chi connectivity index (χ0v) is 15.3. The fraction of sp³-hybridized carbons (Fsp3) is 0.571. The first-order chi connectivity index (χ1) is 11.0. The summed E-state index contributed by atoms with van der Waals surface area (Å²) < 4.78 is 80.1. The fourth-order valence-electron chi connectivity index (χ4n) is 1.72. The molecule has 1 atom stereocenters. The molecule has 0 saturated carbocycles. The number of ether oxygens (including phenoxy) is 1. The Hall–Kier alpha value is -0.940. The molecule has 1 rings (SSSR count). The maximum atomic E-state index is 12.8. The Bertz CT molecular complexity index is 647. The van der Waals surface area contributed by atoms with E-state index < -0.39 is 41.6 Å². The minimum absolute atomic E-state index is 0. The van der Waals surface area contributed by atoms with E-state index in [-0.39, 0.29) is 29.4 Å². The van der Waals surface area contributed by atoms with Gasteiger partial charge in [-0.2, -0.15) is 13.1 Å². The van der Waals surface area contributed by atoms with E-state index in [4.69, 9.17) is 5.73 Å². The summed E-state index contributed by atoms with van der Waals surface area (Å²) in [6.07, 6.45) is -3.82. The lowest BCUT2D eigenvalue weighted by molar-refractivity contribution is -0.168. The van der Waals surface area contributed by atoms with Crippen molar-refractivity contribution in [1.29, 1.82) is 0 Å². The van der Waals surface area contributed by atoms with E-state index in [0.717, 1.165) is 4.31 Å². The zero-order chi connectivity index (χ0) is 18.5. The molecule has 0 aliphatic carbocycles. The van der Waals surface area contributed by atoms with Crippen molar-refractivity contribution < 1.29 is 30.7 Å². The van der Waals surface area contributed by atoms with Gasteiger partial charge < -0.3 is 10.5 Å².